The summed E-state index contributed by atoms with van der Waals surface area (Å²) in [6.07, 6.45) is -0.155. The van der Waals surface area contributed by atoms with Crippen LogP contribution in [0.4, 0.5) is 8.78 Å². The molecule has 2 aromatic rings. The average Bonchev–Trinajstić information content (AvgIpc) is 3.04. The maximum atomic E-state index is 14.9. The molecule has 0 spiro atoms. The van der Waals surface area contributed by atoms with Crippen LogP contribution in [0.2, 0.25) is 0 Å². The van der Waals surface area contributed by atoms with Gasteiger partial charge < -0.3 is 20.1 Å². The highest BCUT2D eigenvalue weighted by Crippen LogP contribution is 2.40. The van der Waals surface area contributed by atoms with Crippen molar-refractivity contribution in [1.29, 1.82) is 5.26 Å². The van der Waals surface area contributed by atoms with E-state index in [0.717, 1.165) is 13.0 Å². The van der Waals surface area contributed by atoms with Gasteiger partial charge in [-0.3, -0.25) is 4.79 Å². The van der Waals surface area contributed by atoms with Crippen LogP contribution in [0.5, 0.6) is 5.75 Å². The number of nitriles is 1. The van der Waals surface area contributed by atoms with Gasteiger partial charge in [-0.15, -0.1) is 12.6 Å². The van der Waals surface area contributed by atoms with Crippen molar-refractivity contribution in [2.45, 2.75) is 30.4 Å². The lowest BCUT2D eigenvalue weighted by atomic mass is 9.94. The van der Waals surface area contributed by atoms with Crippen molar-refractivity contribution in [2.75, 3.05) is 19.7 Å². The zero-order chi connectivity index (χ0) is 22.0. The van der Waals surface area contributed by atoms with Crippen molar-refractivity contribution in [3.63, 3.8) is 0 Å². The number of nitrogens with zero attached hydrogens (tertiary/aromatic N) is 1. The zero-order valence-corrected chi connectivity index (χ0v) is 17.5. The second kappa shape index (κ2) is 8.83. The van der Waals surface area contributed by atoms with Crippen molar-refractivity contribution < 1.29 is 23.0 Å². The third kappa shape index (κ3) is 4.66. The van der Waals surface area contributed by atoms with Crippen molar-refractivity contribution in [3.05, 3.63) is 53.1 Å². The molecule has 162 valence electrons. The van der Waals surface area contributed by atoms with Crippen LogP contribution < -0.4 is 15.4 Å². The summed E-state index contributed by atoms with van der Waals surface area (Å²) in [7, 11) is 0. The predicted molar refractivity (Wildman–Crippen MR) is 113 cm³/mol. The predicted octanol–water partition coefficient (Wildman–Crippen LogP) is 2.71. The molecule has 2 atom stereocenters. The molecule has 2 aliphatic rings. The third-order valence-corrected chi connectivity index (χ3v) is 5.66. The van der Waals surface area contributed by atoms with Crippen LogP contribution >= 0.6 is 12.6 Å². The van der Waals surface area contributed by atoms with E-state index in [1.807, 2.05) is 6.07 Å². The number of rotatable bonds is 4. The van der Waals surface area contributed by atoms with Gasteiger partial charge in [0.05, 0.1) is 0 Å². The number of hydrogen-bond donors (Lipinski definition) is 3. The number of carbonyl (C=O) groups is 1. The van der Waals surface area contributed by atoms with E-state index >= 15 is 0 Å². The fourth-order valence-electron chi connectivity index (χ4n) is 3.72. The van der Waals surface area contributed by atoms with Crippen molar-refractivity contribution in [2.24, 2.45) is 0 Å². The lowest BCUT2D eigenvalue weighted by molar-refractivity contribution is -0.132. The van der Waals surface area contributed by atoms with Gasteiger partial charge in [-0.25, -0.2) is 8.78 Å². The summed E-state index contributed by atoms with van der Waals surface area (Å²) in [4.78, 5) is 10.9. The van der Waals surface area contributed by atoms with Gasteiger partial charge in [0, 0.05) is 30.7 Å². The number of amides is 1. The van der Waals surface area contributed by atoms with Gasteiger partial charge in [-0.2, -0.15) is 5.26 Å². The van der Waals surface area contributed by atoms with E-state index in [9.17, 15) is 18.8 Å². The summed E-state index contributed by atoms with van der Waals surface area (Å²) in [5.41, 5.74) is 1.99. The van der Waals surface area contributed by atoms with Crippen molar-refractivity contribution >= 4 is 18.5 Å². The second-order valence-electron chi connectivity index (χ2n) is 7.59. The molecule has 0 aliphatic carbocycles. The molecule has 0 saturated carbocycles. The first-order chi connectivity index (χ1) is 14.9. The van der Waals surface area contributed by atoms with Gasteiger partial charge >= 0.3 is 0 Å². The Kier molecular flexibility index (Phi) is 6.14. The summed E-state index contributed by atoms with van der Waals surface area (Å²) in [5, 5.41) is 15.3. The minimum absolute atomic E-state index is 0.151. The molecular weight excluding hydrogens is 424 g/mol. The average molecular weight is 445 g/mol. The number of thiol groups is 1. The smallest absolute Gasteiger partial charge is 0.252 e. The Bertz CT molecular complexity index is 1050. The van der Waals surface area contributed by atoms with E-state index in [2.05, 4.69) is 23.3 Å². The molecule has 0 bridgehead atoms. The van der Waals surface area contributed by atoms with Crippen LogP contribution in [0.15, 0.2) is 30.3 Å². The summed E-state index contributed by atoms with van der Waals surface area (Å²) < 4.78 is 39.6. The summed E-state index contributed by atoms with van der Waals surface area (Å²) in [6, 6.07) is 9.00. The van der Waals surface area contributed by atoms with Gasteiger partial charge in [0.15, 0.2) is 4.87 Å². The topological polar surface area (TPSA) is 83.4 Å². The Labute approximate surface area is 183 Å². The normalized spacial score (nSPS) is 19.6. The molecule has 2 N–H and O–H groups in total. The van der Waals surface area contributed by atoms with E-state index in [1.165, 1.54) is 24.3 Å². The molecule has 1 saturated heterocycles. The molecule has 1 amide bonds. The Morgan fingerprint density at radius 1 is 1.32 bits per heavy atom. The zero-order valence-electron chi connectivity index (χ0n) is 16.6. The molecule has 4 rings (SSSR count). The Morgan fingerprint density at radius 2 is 2.16 bits per heavy atom. The molecule has 0 radical (unpaired) electrons. The quantitative estimate of drug-likeness (QED) is 0.498. The summed E-state index contributed by atoms with van der Waals surface area (Å²) in [6.45, 7) is 1.64. The molecule has 1 fully saturated rings. The first-order valence-corrected chi connectivity index (χ1v) is 10.4. The van der Waals surface area contributed by atoms with Gasteiger partial charge in [-0.1, -0.05) is 6.07 Å². The number of halogens is 2. The van der Waals surface area contributed by atoms with Crippen molar-refractivity contribution in [3.8, 4) is 22.9 Å². The van der Waals surface area contributed by atoms with Crippen LogP contribution in [0.1, 0.15) is 17.5 Å². The van der Waals surface area contributed by atoms with Crippen LogP contribution in [0, 0.1) is 23.0 Å². The molecule has 2 aromatic carbocycles. The van der Waals surface area contributed by atoms with Gasteiger partial charge in [-0.05, 0) is 48.4 Å². The molecule has 0 unspecified atom stereocenters. The molecular formula is C22H21F2N3O3S. The van der Waals surface area contributed by atoms with Gasteiger partial charge in [0.25, 0.3) is 5.91 Å². The number of benzene rings is 2. The standard InChI is InChI=1S/C22H21F2N3O3S/c23-15-2-3-16-14(6-15)11-30-19-7-13(18(24)8-17(16)19)9-22(31,12-25)27-21(28)20-10-26-4-1-5-29-20/h2-3,6-8,20,26,31H,1,4-5,9-11H2,(H,27,28)/t20-,22-/m0/s1. The Hall–Kier alpha value is -2.67. The number of carbonyl (C=O) groups excluding carboxylic acids is 1. The van der Waals surface area contributed by atoms with Crippen LogP contribution in [0.3, 0.4) is 0 Å². The van der Waals surface area contributed by atoms with Crippen LogP contribution in [0.25, 0.3) is 11.1 Å². The van der Waals surface area contributed by atoms with Crippen LogP contribution in [-0.4, -0.2) is 36.6 Å². The highest BCUT2D eigenvalue weighted by Gasteiger charge is 2.33. The SMILES string of the molecule is N#C[C@@](S)(Cc1cc2c(cc1F)-c1ccc(F)cc1CO2)NC(=O)[C@@H]1CNCCCO1. The summed E-state index contributed by atoms with van der Waals surface area (Å²) in [5.74, 6) is -1.03. The number of hydrogen-bond acceptors (Lipinski definition) is 6. The Morgan fingerprint density at radius 3 is 2.97 bits per heavy atom. The molecule has 9 heteroatoms. The highest BCUT2D eigenvalue weighted by molar-refractivity contribution is 7.82. The van der Waals surface area contributed by atoms with Gasteiger partial charge in [0.1, 0.15) is 36.2 Å². The third-order valence-electron chi connectivity index (χ3n) is 5.29. The van der Waals surface area contributed by atoms with E-state index in [1.54, 1.807) is 6.07 Å². The first kappa shape index (κ1) is 21.6. The molecule has 31 heavy (non-hydrogen) atoms. The maximum Gasteiger partial charge on any atom is 0.252 e. The van der Waals surface area contributed by atoms with E-state index in [-0.39, 0.29) is 24.4 Å². The molecule has 6 nitrogen and oxygen atoms in total. The fourth-order valence-corrected chi connectivity index (χ4v) is 4.00. The van der Waals surface area contributed by atoms with Gasteiger partial charge in [0.2, 0.25) is 0 Å². The lowest BCUT2D eigenvalue weighted by Gasteiger charge is -2.26. The number of ether oxygens (including phenoxy) is 2. The minimum atomic E-state index is -1.64. The van der Waals surface area contributed by atoms with Crippen molar-refractivity contribution in [1.82, 2.24) is 10.6 Å². The first-order valence-electron chi connectivity index (χ1n) is 9.90. The monoisotopic (exact) mass is 445 g/mol. The van der Waals surface area contributed by atoms with E-state index < -0.39 is 22.7 Å². The largest absolute Gasteiger partial charge is 0.488 e. The van der Waals surface area contributed by atoms with Crippen LogP contribution in [-0.2, 0) is 22.6 Å². The van der Waals surface area contributed by atoms with E-state index in [4.69, 9.17) is 9.47 Å². The maximum absolute atomic E-state index is 14.9. The lowest BCUT2D eigenvalue weighted by Crippen LogP contribution is -2.51. The second-order valence-corrected chi connectivity index (χ2v) is 8.35. The molecule has 2 heterocycles. The summed E-state index contributed by atoms with van der Waals surface area (Å²) >= 11 is 4.33. The number of fused-ring (bicyclic) bond motifs is 3. The minimum Gasteiger partial charge on any atom is -0.488 e. The van der Waals surface area contributed by atoms with E-state index in [0.29, 0.717) is 35.6 Å². The molecule has 0 aromatic heterocycles. The highest BCUT2D eigenvalue weighted by atomic mass is 32.1. The molecule has 2 aliphatic heterocycles. The number of nitrogens with one attached hydrogen (secondary N) is 2. The Balaban J connectivity index is 1.56. The fraction of sp³-hybridized carbons (Fsp3) is 0.364.